The molecule has 0 fully saturated rings. The standard InChI is InChI=1S/C12H10ClN3OS/c1-8(17)14-12-16-15-11(18-12)7-4-9-2-5-10(13)6-3-9/h2-7H,1H3,(H,14,16,17)/b7-4+. The van der Waals surface area contributed by atoms with Crippen molar-refractivity contribution in [3.05, 3.63) is 39.9 Å². The zero-order valence-electron chi connectivity index (χ0n) is 9.55. The number of hydrogen-bond donors (Lipinski definition) is 1. The second-order valence-electron chi connectivity index (χ2n) is 3.51. The number of nitrogens with zero attached hydrogens (tertiary/aromatic N) is 2. The van der Waals surface area contributed by atoms with Crippen molar-refractivity contribution >= 4 is 46.1 Å². The first-order valence-electron chi connectivity index (χ1n) is 5.18. The van der Waals surface area contributed by atoms with Crippen LogP contribution in [0.15, 0.2) is 24.3 Å². The summed E-state index contributed by atoms with van der Waals surface area (Å²) in [5.74, 6) is -0.153. The summed E-state index contributed by atoms with van der Waals surface area (Å²) in [6, 6.07) is 7.47. The molecule has 2 rings (SSSR count). The van der Waals surface area contributed by atoms with Crippen LogP contribution >= 0.6 is 22.9 Å². The van der Waals surface area contributed by atoms with Gasteiger partial charge in [-0.25, -0.2) is 0 Å². The van der Waals surface area contributed by atoms with Crippen LogP contribution in [0.5, 0.6) is 0 Å². The third-order valence-electron chi connectivity index (χ3n) is 2.01. The lowest BCUT2D eigenvalue weighted by Gasteiger charge is -1.92. The maximum Gasteiger partial charge on any atom is 0.223 e. The fraction of sp³-hybridized carbons (Fsp3) is 0.0833. The zero-order valence-corrected chi connectivity index (χ0v) is 11.1. The molecular weight excluding hydrogens is 270 g/mol. The Labute approximate surface area is 113 Å². The van der Waals surface area contributed by atoms with Gasteiger partial charge < -0.3 is 5.32 Å². The van der Waals surface area contributed by atoms with Crippen LogP contribution in [-0.4, -0.2) is 16.1 Å². The first kappa shape index (κ1) is 12.7. The van der Waals surface area contributed by atoms with E-state index in [4.69, 9.17) is 11.6 Å². The average Bonchev–Trinajstić information content (AvgIpc) is 2.75. The van der Waals surface area contributed by atoms with Gasteiger partial charge in [0.2, 0.25) is 11.0 Å². The molecule has 1 amide bonds. The van der Waals surface area contributed by atoms with E-state index < -0.39 is 0 Å². The van der Waals surface area contributed by atoms with Crippen LogP contribution < -0.4 is 5.32 Å². The predicted octanol–water partition coefficient (Wildman–Crippen LogP) is 3.32. The van der Waals surface area contributed by atoms with Gasteiger partial charge in [0.1, 0.15) is 5.01 Å². The van der Waals surface area contributed by atoms with E-state index in [1.807, 2.05) is 36.4 Å². The van der Waals surface area contributed by atoms with E-state index in [-0.39, 0.29) is 5.91 Å². The number of anilines is 1. The molecule has 1 heterocycles. The van der Waals surface area contributed by atoms with Crippen LogP contribution in [0.1, 0.15) is 17.5 Å². The topological polar surface area (TPSA) is 54.9 Å². The summed E-state index contributed by atoms with van der Waals surface area (Å²) >= 11 is 7.11. The van der Waals surface area contributed by atoms with Crippen molar-refractivity contribution in [3.63, 3.8) is 0 Å². The average molecular weight is 280 g/mol. The molecule has 1 N–H and O–H groups in total. The molecule has 92 valence electrons. The first-order chi connectivity index (χ1) is 8.63. The summed E-state index contributed by atoms with van der Waals surface area (Å²) in [6.45, 7) is 1.44. The van der Waals surface area contributed by atoms with E-state index in [2.05, 4.69) is 15.5 Å². The van der Waals surface area contributed by atoms with E-state index in [1.54, 1.807) is 0 Å². The lowest BCUT2D eigenvalue weighted by Crippen LogP contribution is -2.04. The molecule has 0 saturated carbocycles. The molecule has 0 bridgehead atoms. The van der Waals surface area contributed by atoms with E-state index in [0.717, 1.165) is 10.6 Å². The number of benzene rings is 1. The smallest absolute Gasteiger partial charge is 0.223 e. The van der Waals surface area contributed by atoms with Gasteiger partial charge in [-0.2, -0.15) is 0 Å². The van der Waals surface area contributed by atoms with E-state index in [1.165, 1.54) is 18.3 Å². The molecule has 1 aromatic heterocycles. The number of nitrogens with one attached hydrogen (secondary N) is 1. The number of aromatic nitrogens is 2. The SMILES string of the molecule is CC(=O)Nc1nnc(/C=C/c2ccc(Cl)cc2)s1. The van der Waals surface area contributed by atoms with Crippen LogP contribution in [0, 0.1) is 0 Å². The van der Waals surface area contributed by atoms with E-state index in [9.17, 15) is 4.79 Å². The van der Waals surface area contributed by atoms with Gasteiger partial charge >= 0.3 is 0 Å². The number of rotatable bonds is 3. The Morgan fingerprint density at radius 1 is 1.28 bits per heavy atom. The predicted molar refractivity (Wildman–Crippen MR) is 74.6 cm³/mol. The minimum Gasteiger partial charge on any atom is -0.301 e. The monoisotopic (exact) mass is 279 g/mol. The fourth-order valence-electron chi connectivity index (χ4n) is 1.24. The van der Waals surface area contributed by atoms with Crippen molar-refractivity contribution in [2.24, 2.45) is 0 Å². The van der Waals surface area contributed by atoms with Gasteiger partial charge in [0.15, 0.2) is 0 Å². The first-order valence-corrected chi connectivity index (χ1v) is 6.38. The van der Waals surface area contributed by atoms with E-state index in [0.29, 0.717) is 10.2 Å². The molecule has 6 heteroatoms. The molecule has 0 aliphatic carbocycles. The molecule has 0 aliphatic rings. The Kier molecular flexibility index (Phi) is 4.07. The molecule has 0 spiro atoms. The molecule has 0 aliphatic heterocycles. The summed E-state index contributed by atoms with van der Waals surface area (Å²) in [4.78, 5) is 10.8. The highest BCUT2D eigenvalue weighted by molar-refractivity contribution is 7.16. The Morgan fingerprint density at radius 2 is 2.00 bits per heavy atom. The third kappa shape index (κ3) is 3.65. The molecule has 4 nitrogen and oxygen atoms in total. The lowest BCUT2D eigenvalue weighted by atomic mass is 10.2. The second kappa shape index (κ2) is 5.75. The second-order valence-corrected chi connectivity index (χ2v) is 4.96. The van der Waals surface area contributed by atoms with Crippen LogP contribution in [0.25, 0.3) is 12.2 Å². The van der Waals surface area contributed by atoms with Crippen molar-refractivity contribution in [2.45, 2.75) is 6.92 Å². The lowest BCUT2D eigenvalue weighted by molar-refractivity contribution is -0.114. The molecule has 0 radical (unpaired) electrons. The molecule has 0 unspecified atom stereocenters. The number of carbonyl (C=O) groups excluding carboxylic acids is 1. The van der Waals surface area contributed by atoms with Crippen molar-refractivity contribution in [2.75, 3.05) is 5.32 Å². The quantitative estimate of drug-likeness (QED) is 0.938. The van der Waals surface area contributed by atoms with Crippen molar-refractivity contribution in [1.29, 1.82) is 0 Å². The van der Waals surface area contributed by atoms with Gasteiger partial charge in [-0.1, -0.05) is 41.1 Å². The van der Waals surface area contributed by atoms with Gasteiger partial charge in [-0.15, -0.1) is 10.2 Å². The summed E-state index contributed by atoms with van der Waals surface area (Å²) < 4.78 is 0. The molecule has 18 heavy (non-hydrogen) atoms. The number of hydrogen-bond acceptors (Lipinski definition) is 4. The zero-order chi connectivity index (χ0) is 13.0. The minimum absolute atomic E-state index is 0.153. The van der Waals surface area contributed by atoms with Crippen molar-refractivity contribution < 1.29 is 4.79 Å². The van der Waals surface area contributed by atoms with Gasteiger partial charge in [0.25, 0.3) is 0 Å². The van der Waals surface area contributed by atoms with Gasteiger partial charge in [0, 0.05) is 11.9 Å². The summed E-state index contributed by atoms with van der Waals surface area (Å²) in [7, 11) is 0. The molecule has 0 atom stereocenters. The molecule has 0 saturated heterocycles. The van der Waals surface area contributed by atoms with Crippen molar-refractivity contribution in [1.82, 2.24) is 10.2 Å². The fourth-order valence-corrected chi connectivity index (χ4v) is 2.06. The minimum atomic E-state index is -0.153. The van der Waals surface area contributed by atoms with Crippen LogP contribution in [-0.2, 0) is 4.79 Å². The summed E-state index contributed by atoms with van der Waals surface area (Å²) in [5.41, 5.74) is 1.02. The third-order valence-corrected chi connectivity index (χ3v) is 3.07. The maximum absolute atomic E-state index is 10.8. The Balaban J connectivity index is 2.06. The van der Waals surface area contributed by atoms with Gasteiger partial charge in [-0.3, -0.25) is 4.79 Å². The molecule has 1 aromatic carbocycles. The number of amides is 1. The largest absolute Gasteiger partial charge is 0.301 e. The van der Waals surface area contributed by atoms with Crippen molar-refractivity contribution in [3.8, 4) is 0 Å². The maximum atomic E-state index is 10.8. The summed E-state index contributed by atoms with van der Waals surface area (Å²) in [5, 5.41) is 12.3. The highest BCUT2D eigenvalue weighted by Gasteiger charge is 2.02. The Hall–Kier alpha value is -1.72. The van der Waals surface area contributed by atoms with Gasteiger partial charge in [0.05, 0.1) is 0 Å². The highest BCUT2D eigenvalue weighted by atomic mass is 35.5. The number of carbonyl (C=O) groups is 1. The highest BCUT2D eigenvalue weighted by Crippen LogP contribution is 2.18. The van der Waals surface area contributed by atoms with Gasteiger partial charge in [-0.05, 0) is 23.8 Å². The van der Waals surface area contributed by atoms with E-state index >= 15 is 0 Å². The van der Waals surface area contributed by atoms with Crippen LogP contribution in [0.3, 0.4) is 0 Å². The molecular formula is C12H10ClN3OS. The Morgan fingerprint density at radius 3 is 2.67 bits per heavy atom. The van der Waals surface area contributed by atoms with Crippen LogP contribution in [0.2, 0.25) is 5.02 Å². The van der Waals surface area contributed by atoms with Crippen LogP contribution in [0.4, 0.5) is 5.13 Å². The Bertz CT molecular complexity index is 577. The number of halogens is 1. The normalized spacial score (nSPS) is 10.8. The summed E-state index contributed by atoms with van der Waals surface area (Å²) in [6.07, 6.45) is 3.75. The molecule has 2 aromatic rings.